The monoisotopic (exact) mass is 406 g/mol. The molecule has 0 spiro atoms. The van der Waals surface area contributed by atoms with Gasteiger partial charge in [-0.2, -0.15) is 0 Å². The predicted octanol–water partition coefficient (Wildman–Crippen LogP) is 2.40. The van der Waals surface area contributed by atoms with Crippen molar-refractivity contribution in [2.45, 2.75) is 77.3 Å². The fourth-order valence-electron chi connectivity index (χ4n) is 4.51. The van der Waals surface area contributed by atoms with Crippen LogP contribution in [0.25, 0.3) is 0 Å². The Kier molecular flexibility index (Phi) is 7.27. The molecule has 1 aromatic heterocycles. The van der Waals surface area contributed by atoms with E-state index in [1.807, 2.05) is 20.9 Å². The van der Waals surface area contributed by atoms with E-state index in [-0.39, 0.29) is 35.4 Å². The Morgan fingerprint density at radius 2 is 1.79 bits per heavy atom. The SMILES string of the molecule is CC(C)CC(NC(=O)C1CCCCC1)C(=O)c1noc(=O)n1C1CCN(C)CC1. The molecule has 29 heavy (non-hydrogen) atoms. The maximum Gasteiger partial charge on any atom is 0.442 e. The van der Waals surface area contributed by atoms with Crippen LogP contribution in [0.2, 0.25) is 0 Å². The molecule has 0 aromatic carbocycles. The van der Waals surface area contributed by atoms with Gasteiger partial charge in [0.25, 0.3) is 0 Å². The van der Waals surface area contributed by atoms with Crippen LogP contribution in [0.5, 0.6) is 0 Å². The zero-order valence-corrected chi connectivity index (χ0v) is 17.9. The summed E-state index contributed by atoms with van der Waals surface area (Å²) in [6, 6.07) is -0.788. The van der Waals surface area contributed by atoms with Crippen LogP contribution >= 0.6 is 0 Å². The van der Waals surface area contributed by atoms with Gasteiger partial charge in [0, 0.05) is 12.0 Å². The maximum absolute atomic E-state index is 13.3. The largest absolute Gasteiger partial charge is 0.442 e. The van der Waals surface area contributed by atoms with Crippen molar-refractivity contribution >= 4 is 11.7 Å². The van der Waals surface area contributed by atoms with Crippen molar-refractivity contribution in [1.29, 1.82) is 0 Å². The lowest BCUT2D eigenvalue weighted by atomic mass is 9.88. The van der Waals surface area contributed by atoms with Gasteiger partial charge in [0.1, 0.15) is 0 Å². The van der Waals surface area contributed by atoms with Gasteiger partial charge in [0.15, 0.2) is 0 Å². The first-order chi connectivity index (χ1) is 13.9. The number of ketones is 1. The fraction of sp³-hybridized carbons (Fsp3) is 0.810. The molecule has 2 aliphatic rings. The Morgan fingerprint density at radius 3 is 2.41 bits per heavy atom. The quantitative estimate of drug-likeness (QED) is 0.699. The standard InChI is InChI=1S/C21H34N4O4/c1-14(2)13-17(22-20(27)15-7-5-4-6-8-15)18(26)19-23-29-21(28)25(19)16-9-11-24(3)12-10-16/h14-17H,4-13H2,1-3H3,(H,22,27). The van der Waals surface area contributed by atoms with E-state index < -0.39 is 11.8 Å². The highest BCUT2D eigenvalue weighted by atomic mass is 16.5. The molecular weight excluding hydrogens is 372 g/mol. The molecule has 0 bridgehead atoms. The zero-order chi connectivity index (χ0) is 21.0. The van der Waals surface area contributed by atoms with Gasteiger partial charge in [-0.3, -0.25) is 18.7 Å². The van der Waals surface area contributed by atoms with Crippen LogP contribution < -0.4 is 11.1 Å². The fourth-order valence-corrected chi connectivity index (χ4v) is 4.51. The lowest BCUT2D eigenvalue weighted by Gasteiger charge is -2.29. The van der Waals surface area contributed by atoms with Crippen LogP contribution in [0.15, 0.2) is 9.32 Å². The van der Waals surface area contributed by atoms with Gasteiger partial charge >= 0.3 is 5.76 Å². The van der Waals surface area contributed by atoms with Gasteiger partial charge in [0.05, 0.1) is 6.04 Å². The minimum atomic E-state index is -0.688. The summed E-state index contributed by atoms with van der Waals surface area (Å²) >= 11 is 0. The average Bonchev–Trinajstić information content (AvgIpc) is 3.09. The molecule has 1 aromatic rings. The number of piperidine rings is 1. The first-order valence-corrected chi connectivity index (χ1v) is 11.0. The molecule has 1 unspecified atom stereocenters. The first kappa shape index (κ1) is 21.7. The number of hydrogen-bond donors (Lipinski definition) is 1. The molecule has 1 saturated carbocycles. The third kappa shape index (κ3) is 5.35. The molecule has 8 nitrogen and oxygen atoms in total. The van der Waals surface area contributed by atoms with E-state index in [4.69, 9.17) is 4.52 Å². The number of amides is 1. The van der Waals surface area contributed by atoms with Gasteiger partial charge in [-0.15, -0.1) is 0 Å². The van der Waals surface area contributed by atoms with E-state index in [0.29, 0.717) is 6.42 Å². The molecule has 1 aliphatic carbocycles. The maximum atomic E-state index is 13.3. The first-order valence-electron chi connectivity index (χ1n) is 11.0. The summed E-state index contributed by atoms with van der Waals surface area (Å²) in [6.07, 6.45) is 7.06. The van der Waals surface area contributed by atoms with Gasteiger partial charge in [0.2, 0.25) is 17.5 Å². The van der Waals surface area contributed by atoms with Crippen molar-refractivity contribution in [2.75, 3.05) is 20.1 Å². The molecular formula is C21H34N4O4. The van der Waals surface area contributed by atoms with Crippen LogP contribution in [-0.2, 0) is 4.79 Å². The average molecular weight is 407 g/mol. The summed E-state index contributed by atoms with van der Waals surface area (Å²) in [5.41, 5.74) is 0. The molecule has 1 amide bonds. The number of nitrogens with zero attached hydrogens (tertiary/aromatic N) is 3. The lowest BCUT2D eigenvalue weighted by Crippen LogP contribution is -2.46. The molecule has 1 aliphatic heterocycles. The third-order valence-corrected chi connectivity index (χ3v) is 6.22. The third-order valence-electron chi connectivity index (χ3n) is 6.22. The van der Waals surface area contributed by atoms with Crippen molar-refractivity contribution in [2.24, 2.45) is 11.8 Å². The summed E-state index contributed by atoms with van der Waals surface area (Å²) in [4.78, 5) is 40.6. The number of nitrogens with one attached hydrogen (secondary N) is 1. The second-order valence-corrected chi connectivity index (χ2v) is 9.07. The number of hydrogen-bond acceptors (Lipinski definition) is 6. The predicted molar refractivity (Wildman–Crippen MR) is 109 cm³/mol. The lowest BCUT2D eigenvalue weighted by molar-refractivity contribution is -0.126. The second kappa shape index (κ2) is 9.69. The molecule has 2 fully saturated rings. The highest BCUT2D eigenvalue weighted by Gasteiger charge is 2.33. The van der Waals surface area contributed by atoms with Crippen LogP contribution in [0.3, 0.4) is 0 Å². The highest BCUT2D eigenvalue weighted by Crippen LogP contribution is 2.25. The molecule has 8 heteroatoms. The van der Waals surface area contributed by atoms with Gasteiger partial charge in [-0.25, -0.2) is 4.79 Å². The summed E-state index contributed by atoms with van der Waals surface area (Å²) in [5.74, 6) is -0.748. The van der Waals surface area contributed by atoms with Crippen molar-refractivity contribution < 1.29 is 14.1 Å². The molecule has 2 heterocycles. The van der Waals surface area contributed by atoms with E-state index in [1.54, 1.807) is 0 Å². The van der Waals surface area contributed by atoms with Crippen LogP contribution in [0.4, 0.5) is 0 Å². The Hall–Kier alpha value is -1.96. The van der Waals surface area contributed by atoms with Crippen LogP contribution in [0, 0.1) is 11.8 Å². The Labute approximate surface area is 172 Å². The summed E-state index contributed by atoms with van der Waals surface area (Å²) in [6.45, 7) is 5.73. The van der Waals surface area contributed by atoms with Crippen molar-refractivity contribution in [3.05, 3.63) is 16.4 Å². The van der Waals surface area contributed by atoms with E-state index in [1.165, 1.54) is 11.0 Å². The Balaban J connectivity index is 1.79. The van der Waals surface area contributed by atoms with Gasteiger partial charge in [-0.1, -0.05) is 38.3 Å². The normalized spacial score (nSPS) is 20.7. The number of likely N-dealkylation sites (tertiary alicyclic amines) is 1. The summed E-state index contributed by atoms with van der Waals surface area (Å²) in [7, 11) is 2.04. The van der Waals surface area contributed by atoms with Crippen molar-refractivity contribution in [3.8, 4) is 0 Å². The minimum Gasteiger partial charge on any atom is -0.346 e. The highest BCUT2D eigenvalue weighted by molar-refractivity contribution is 5.99. The van der Waals surface area contributed by atoms with Gasteiger partial charge < -0.3 is 10.2 Å². The summed E-state index contributed by atoms with van der Waals surface area (Å²) < 4.78 is 6.30. The minimum absolute atomic E-state index is 0.0282. The number of rotatable bonds is 7. The van der Waals surface area contributed by atoms with E-state index >= 15 is 0 Å². The number of carbonyl (C=O) groups excluding carboxylic acids is 2. The smallest absolute Gasteiger partial charge is 0.346 e. The molecule has 162 valence electrons. The molecule has 1 atom stereocenters. The molecule has 1 N–H and O–H groups in total. The Morgan fingerprint density at radius 1 is 1.14 bits per heavy atom. The van der Waals surface area contributed by atoms with Crippen LogP contribution in [-0.4, -0.2) is 52.5 Å². The second-order valence-electron chi connectivity index (χ2n) is 9.07. The van der Waals surface area contributed by atoms with Crippen molar-refractivity contribution in [1.82, 2.24) is 19.9 Å². The van der Waals surface area contributed by atoms with Crippen molar-refractivity contribution in [3.63, 3.8) is 0 Å². The van der Waals surface area contributed by atoms with Gasteiger partial charge in [-0.05, 0) is 58.2 Å². The number of aromatic nitrogens is 2. The van der Waals surface area contributed by atoms with E-state index in [9.17, 15) is 14.4 Å². The topological polar surface area (TPSA) is 97.4 Å². The zero-order valence-electron chi connectivity index (χ0n) is 17.9. The molecule has 1 saturated heterocycles. The summed E-state index contributed by atoms with van der Waals surface area (Å²) in [5, 5.41) is 6.79. The number of carbonyl (C=O) groups is 2. The Bertz CT molecular complexity index is 755. The molecule has 0 radical (unpaired) electrons. The van der Waals surface area contributed by atoms with E-state index in [2.05, 4.69) is 15.4 Å². The van der Waals surface area contributed by atoms with Crippen LogP contribution in [0.1, 0.15) is 81.9 Å². The van der Waals surface area contributed by atoms with E-state index in [0.717, 1.165) is 51.6 Å². The molecule has 3 rings (SSSR count). The number of Topliss-reactive ketones (excluding diaryl/α,β-unsaturated/α-hetero) is 1.